The summed E-state index contributed by atoms with van der Waals surface area (Å²) in [4.78, 5) is 0. The second-order valence-electron chi connectivity index (χ2n) is 4.79. The predicted octanol–water partition coefficient (Wildman–Crippen LogP) is 5.35. The van der Waals surface area contributed by atoms with Crippen LogP contribution in [0.2, 0.25) is 0 Å². The Morgan fingerprint density at radius 1 is 0.739 bits per heavy atom. The molecule has 0 aliphatic heterocycles. The van der Waals surface area contributed by atoms with E-state index < -0.39 is 23.5 Å². The zero-order valence-electron chi connectivity index (χ0n) is 11.7. The molecule has 0 heterocycles. The number of hydrogen-bond acceptors (Lipinski definition) is 1. The van der Waals surface area contributed by atoms with Crippen molar-refractivity contribution in [3.8, 4) is 5.75 Å². The number of hydrogen-bond donors (Lipinski definition) is 0. The van der Waals surface area contributed by atoms with E-state index in [0.29, 0.717) is 5.56 Å². The molecule has 2 rings (SSSR count). The van der Waals surface area contributed by atoms with E-state index in [4.69, 9.17) is 4.74 Å². The number of rotatable bonds is 4. The summed E-state index contributed by atoms with van der Waals surface area (Å²) in [6.07, 6.45) is -8.74. The molecule has 0 saturated carbocycles. The fourth-order valence-electron chi connectivity index (χ4n) is 1.97. The number of benzene rings is 2. The molecule has 1 nitrogen and oxygen atoms in total. The van der Waals surface area contributed by atoms with Crippen LogP contribution in [-0.2, 0) is 18.8 Å². The first-order chi connectivity index (χ1) is 10.7. The van der Waals surface area contributed by atoms with Crippen molar-refractivity contribution in [3.63, 3.8) is 0 Å². The van der Waals surface area contributed by atoms with E-state index in [1.807, 2.05) is 0 Å². The van der Waals surface area contributed by atoms with Crippen LogP contribution in [0.4, 0.5) is 26.3 Å². The van der Waals surface area contributed by atoms with Crippen LogP contribution in [0.15, 0.2) is 48.5 Å². The SMILES string of the molecule is FC(F)(F)c1ccc(CCOc2ccccc2C(F)(F)F)cc1. The Morgan fingerprint density at radius 3 is 1.91 bits per heavy atom. The molecule has 0 atom stereocenters. The first-order valence-corrected chi connectivity index (χ1v) is 6.63. The van der Waals surface area contributed by atoms with Gasteiger partial charge < -0.3 is 4.74 Å². The van der Waals surface area contributed by atoms with E-state index in [0.717, 1.165) is 18.2 Å². The molecule has 0 bridgehead atoms. The second-order valence-corrected chi connectivity index (χ2v) is 4.79. The minimum atomic E-state index is -4.52. The molecule has 0 radical (unpaired) electrons. The van der Waals surface area contributed by atoms with Gasteiger partial charge in [-0.3, -0.25) is 0 Å². The van der Waals surface area contributed by atoms with Crippen molar-refractivity contribution in [1.29, 1.82) is 0 Å². The van der Waals surface area contributed by atoms with E-state index in [1.165, 1.54) is 30.3 Å². The maximum Gasteiger partial charge on any atom is 0.419 e. The Morgan fingerprint density at radius 2 is 1.35 bits per heavy atom. The van der Waals surface area contributed by atoms with Crippen molar-refractivity contribution in [1.82, 2.24) is 0 Å². The van der Waals surface area contributed by atoms with Crippen LogP contribution < -0.4 is 4.74 Å². The highest BCUT2D eigenvalue weighted by Crippen LogP contribution is 2.36. The molecule has 0 fully saturated rings. The first kappa shape index (κ1) is 17.2. The molecule has 0 aliphatic carbocycles. The van der Waals surface area contributed by atoms with E-state index >= 15 is 0 Å². The van der Waals surface area contributed by atoms with Crippen LogP contribution in [-0.4, -0.2) is 6.61 Å². The highest BCUT2D eigenvalue weighted by Gasteiger charge is 2.34. The van der Waals surface area contributed by atoms with Gasteiger partial charge in [-0.15, -0.1) is 0 Å². The van der Waals surface area contributed by atoms with Gasteiger partial charge in [0, 0.05) is 6.42 Å². The number of para-hydroxylation sites is 1. The maximum atomic E-state index is 12.8. The Bertz CT molecular complexity index is 643. The van der Waals surface area contributed by atoms with Crippen molar-refractivity contribution < 1.29 is 31.1 Å². The summed E-state index contributed by atoms with van der Waals surface area (Å²) in [5.41, 5.74) is -1.11. The van der Waals surface area contributed by atoms with Crippen molar-refractivity contribution >= 4 is 0 Å². The Labute approximate surface area is 128 Å². The molecule has 0 amide bonds. The van der Waals surface area contributed by atoms with Crippen LogP contribution in [0.25, 0.3) is 0 Å². The molecule has 0 spiro atoms. The standard InChI is InChI=1S/C16H12F6O/c17-15(18,19)12-7-5-11(6-8-12)9-10-23-14-4-2-1-3-13(14)16(20,21)22/h1-8H,9-10H2. The molecular formula is C16H12F6O. The summed E-state index contributed by atoms with van der Waals surface area (Å²) in [7, 11) is 0. The quantitative estimate of drug-likeness (QED) is 0.685. The van der Waals surface area contributed by atoms with Gasteiger partial charge in [0.25, 0.3) is 0 Å². The van der Waals surface area contributed by atoms with Crippen molar-refractivity contribution in [2.24, 2.45) is 0 Å². The Balaban J connectivity index is 1.98. The van der Waals surface area contributed by atoms with Gasteiger partial charge in [-0.1, -0.05) is 24.3 Å². The lowest BCUT2D eigenvalue weighted by molar-refractivity contribution is -0.139. The fraction of sp³-hybridized carbons (Fsp3) is 0.250. The summed E-state index contributed by atoms with van der Waals surface area (Å²) in [5.74, 6) is -0.299. The lowest BCUT2D eigenvalue weighted by Gasteiger charge is -2.13. The van der Waals surface area contributed by atoms with Crippen LogP contribution >= 0.6 is 0 Å². The number of alkyl halides is 6. The molecule has 0 N–H and O–H groups in total. The van der Waals surface area contributed by atoms with Gasteiger partial charge >= 0.3 is 12.4 Å². The number of ether oxygens (including phenoxy) is 1. The minimum Gasteiger partial charge on any atom is -0.493 e. The number of halogens is 6. The van der Waals surface area contributed by atoms with Crippen molar-refractivity contribution in [2.75, 3.05) is 6.61 Å². The Kier molecular flexibility index (Phi) is 4.87. The summed E-state index contributed by atoms with van der Waals surface area (Å²) in [6.45, 7) is -0.0710. The smallest absolute Gasteiger partial charge is 0.419 e. The monoisotopic (exact) mass is 334 g/mol. The van der Waals surface area contributed by atoms with Gasteiger partial charge in [0.15, 0.2) is 0 Å². The van der Waals surface area contributed by atoms with Crippen LogP contribution in [0.3, 0.4) is 0 Å². The predicted molar refractivity (Wildman–Crippen MR) is 72.1 cm³/mol. The van der Waals surface area contributed by atoms with Crippen LogP contribution in [0.1, 0.15) is 16.7 Å². The van der Waals surface area contributed by atoms with Crippen molar-refractivity contribution in [2.45, 2.75) is 18.8 Å². The summed E-state index contributed by atoms with van der Waals surface area (Å²) < 4.78 is 80.7. The Hall–Kier alpha value is -2.18. The molecule has 7 heteroatoms. The lowest BCUT2D eigenvalue weighted by atomic mass is 10.1. The average molecular weight is 334 g/mol. The maximum absolute atomic E-state index is 12.8. The zero-order chi connectivity index (χ0) is 17.1. The first-order valence-electron chi connectivity index (χ1n) is 6.63. The topological polar surface area (TPSA) is 9.23 Å². The van der Waals surface area contributed by atoms with E-state index in [1.54, 1.807) is 0 Å². The summed E-state index contributed by atoms with van der Waals surface area (Å²) in [5, 5.41) is 0. The van der Waals surface area contributed by atoms with Gasteiger partial charge in [-0.05, 0) is 29.8 Å². The summed E-state index contributed by atoms with van der Waals surface area (Å²) >= 11 is 0. The molecule has 2 aromatic carbocycles. The molecule has 0 aromatic heterocycles. The van der Waals surface area contributed by atoms with E-state index in [2.05, 4.69) is 0 Å². The van der Waals surface area contributed by atoms with Gasteiger partial charge in [0.2, 0.25) is 0 Å². The van der Waals surface area contributed by atoms with Crippen LogP contribution in [0.5, 0.6) is 5.75 Å². The highest BCUT2D eigenvalue weighted by molar-refractivity contribution is 5.35. The molecule has 124 valence electrons. The molecule has 23 heavy (non-hydrogen) atoms. The van der Waals surface area contributed by atoms with Crippen molar-refractivity contribution in [3.05, 3.63) is 65.2 Å². The zero-order valence-corrected chi connectivity index (χ0v) is 11.7. The van der Waals surface area contributed by atoms with Crippen LogP contribution in [0, 0.1) is 0 Å². The molecule has 2 aromatic rings. The van der Waals surface area contributed by atoms with Gasteiger partial charge in [-0.25, -0.2) is 0 Å². The lowest BCUT2D eigenvalue weighted by Crippen LogP contribution is -2.10. The normalized spacial score (nSPS) is 12.3. The van der Waals surface area contributed by atoms with Gasteiger partial charge in [-0.2, -0.15) is 26.3 Å². The largest absolute Gasteiger partial charge is 0.493 e. The third-order valence-electron chi connectivity index (χ3n) is 3.12. The van der Waals surface area contributed by atoms with E-state index in [-0.39, 0.29) is 18.8 Å². The third kappa shape index (κ3) is 4.64. The van der Waals surface area contributed by atoms with E-state index in [9.17, 15) is 26.3 Å². The molecule has 0 unspecified atom stereocenters. The molecular weight excluding hydrogens is 322 g/mol. The average Bonchev–Trinajstić information content (AvgIpc) is 2.46. The molecule has 0 saturated heterocycles. The fourth-order valence-corrected chi connectivity index (χ4v) is 1.97. The molecule has 0 aliphatic rings. The van der Waals surface area contributed by atoms with Gasteiger partial charge in [0.1, 0.15) is 5.75 Å². The highest BCUT2D eigenvalue weighted by atomic mass is 19.4. The third-order valence-corrected chi connectivity index (χ3v) is 3.12. The second kappa shape index (κ2) is 6.52. The summed E-state index contributed by atoms with van der Waals surface area (Å²) in [6, 6.07) is 9.21. The van der Waals surface area contributed by atoms with Gasteiger partial charge in [0.05, 0.1) is 17.7 Å². The minimum absolute atomic E-state index is 0.0710.